The van der Waals surface area contributed by atoms with Crippen molar-refractivity contribution in [2.24, 2.45) is 0 Å². The van der Waals surface area contributed by atoms with Crippen LogP contribution in [0.3, 0.4) is 0 Å². The minimum absolute atomic E-state index is 0.193. The number of nitrogens with two attached hydrogens (primary N) is 1. The molecule has 1 amide bonds. The molecule has 1 aliphatic rings. The van der Waals surface area contributed by atoms with Gasteiger partial charge in [0, 0.05) is 36.8 Å². The molecule has 6 rings (SSSR count). The zero-order valence-corrected chi connectivity index (χ0v) is 21.1. The van der Waals surface area contributed by atoms with Crippen LogP contribution < -0.4 is 11.1 Å². The average molecular weight is 510 g/mol. The van der Waals surface area contributed by atoms with E-state index in [9.17, 15) is 9.18 Å². The van der Waals surface area contributed by atoms with Gasteiger partial charge in [0.15, 0.2) is 5.82 Å². The van der Waals surface area contributed by atoms with Crippen molar-refractivity contribution in [3.05, 3.63) is 107 Å². The van der Waals surface area contributed by atoms with Crippen LogP contribution in [0, 0.1) is 12.7 Å². The molecule has 9 heteroatoms. The van der Waals surface area contributed by atoms with E-state index in [1.165, 1.54) is 12.4 Å². The van der Waals surface area contributed by atoms with Gasteiger partial charge < -0.3 is 15.6 Å². The van der Waals surface area contributed by atoms with Crippen LogP contribution in [0.25, 0.3) is 10.8 Å². The van der Waals surface area contributed by atoms with Gasteiger partial charge in [-0.25, -0.2) is 14.4 Å². The van der Waals surface area contributed by atoms with E-state index < -0.39 is 0 Å². The molecule has 0 atom stereocenters. The van der Waals surface area contributed by atoms with Crippen molar-refractivity contribution >= 4 is 22.5 Å². The number of aromatic nitrogens is 5. The molecule has 2 aromatic carbocycles. The number of aryl methyl sites for hydroxylation is 1. The second kappa shape index (κ2) is 9.74. The minimum atomic E-state index is -0.343. The topological polar surface area (TPSA) is 104 Å². The number of nitrogen functional groups attached to an aromatic ring is 1. The molecule has 1 saturated carbocycles. The number of halogens is 1. The first-order valence-corrected chi connectivity index (χ1v) is 12.7. The van der Waals surface area contributed by atoms with E-state index in [1.807, 2.05) is 43.5 Å². The lowest BCUT2D eigenvalue weighted by Gasteiger charge is -2.10. The third-order valence-corrected chi connectivity index (χ3v) is 7.00. The Labute approximate surface area is 219 Å². The minimum Gasteiger partial charge on any atom is -0.383 e. The van der Waals surface area contributed by atoms with Gasteiger partial charge in [-0.05, 0) is 65.6 Å². The van der Waals surface area contributed by atoms with E-state index in [0.29, 0.717) is 37.1 Å². The molecule has 38 heavy (non-hydrogen) atoms. The number of imidazole rings is 1. The summed E-state index contributed by atoms with van der Waals surface area (Å²) in [5.41, 5.74) is 10.6. The molecule has 0 aliphatic heterocycles. The third-order valence-electron chi connectivity index (χ3n) is 7.00. The quantitative estimate of drug-likeness (QED) is 0.319. The average Bonchev–Trinajstić information content (AvgIpc) is 3.54. The second-order valence-corrected chi connectivity index (χ2v) is 9.94. The van der Waals surface area contributed by atoms with Crippen LogP contribution in [-0.2, 0) is 19.6 Å². The number of amides is 1. The van der Waals surface area contributed by atoms with Crippen LogP contribution in [-0.4, -0.2) is 30.2 Å². The van der Waals surface area contributed by atoms with Gasteiger partial charge in [0.2, 0.25) is 0 Å². The van der Waals surface area contributed by atoms with Gasteiger partial charge in [-0.3, -0.25) is 9.48 Å². The number of carbonyl (C=O) groups is 1. The maximum Gasteiger partial charge on any atom is 0.271 e. The van der Waals surface area contributed by atoms with Crippen LogP contribution in [0.2, 0.25) is 0 Å². The van der Waals surface area contributed by atoms with Gasteiger partial charge in [0.1, 0.15) is 17.3 Å². The van der Waals surface area contributed by atoms with E-state index in [1.54, 1.807) is 10.9 Å². The SMILES string of the molecule is Cc1cc2c(N)nccc2cc1CNC(=O)c1cn(Cc2ccc(Cn3cc(F)cn3)cc2)c(C2CC2)n1. The molecular formula is C29H28FN7O. The number of benzene rings is 2. The molecule has 0 spiro atoms. The lowest BCUT2D eigenvalue weighted by Crippen LogP contribution is -2.23. The normalized spacial score (nSPS) is 13.2. The molecule has 0 radical (unpaired) electrons. The van der Waals surface area contributed by atoms with Crippen LogP contribution in [0.5, 0.6) is 0 Å². The van der Waals surface area contributed by atoms with Crippen molar-refractivity contribution in [2.45, 2.75) is 45.3 Å². The fraction of sp³-hybridized carbons (Fsp3) is 0.241. The number of nitrogens with zero attached hydrogens (tertiary/aromatic N) is 5. The van der Waals surface area contributed by atoms with E-state index in [4.69, 9.17) is 10.7 Å². The molecular weight excluding hydrogens is 481 g/mol. The lowest BCUT2D eigenvalue weighted by molar-refractivity contribution is 0.0946. The summed E-state index contributed by atoms with van der Waals surface area (Å²) in [4.78, 5) is 22.0. The largest absolute Gasteiger partial charge is 0.383 e. The first-order chi connectivity index (χ1) is 18.4. The fourth-order valence-corrected chi connectivity index (χ4v) is 4.75. The molecule has 0 unspecified atom stereocenters. The maximum atomic E-state index is 13.2. The van der Waals surface area contributed by atoms with E-state index in [2.05, 4.69) is 32.1 Å². The molecule has 3 aromatic heterocycles. The Bertz CT molecular complexity index is 1630. The summed E-state index contributed by atoms with van der Waals surface area (Å²) in [6, 6.07) is 14.1. The number of hydrogen-bond donors (Lipinski definition) is 2. The summed E-state index contributed by atoms with van der Waals surface area (Å²) < 4.78 is 16.9. The Balaban J connectivity index is 1.15. The Hall–Kier alpha value is -4.53. The number of fused-ring (bicyclic) bond motifs is 1. The Morgan fingerprint density at radius 1 is 1.11 bits per heavy atom. The second-order valence-electron chi connectivity index (χ2n) is 9.94. The summed E-state index contributed by atoms with van der Waals surface area (Å²) in [6.45, 7) is 3.54. The van der Waals surface area contributed by atoms with Gasteiger partial charge in [0.05, 0.1) is 18.9 Å². The molecule has 0 saturated heterocycles. The highest BCUT2D eigenvalue weighted by Crippen LogP contribution is 2.39. The zero-order chi connectivity index (χ0) is 26.2. The predicted molar refractivity (Wildman–Crippen MR) is 143 cm³/mol. The van der Waals surface area contributed by atoms with Gasteiger partial charge in [-0.15, -0.1) is 0 Å². The van der Waals surface area contributed by atoms with Crippen molar-refractivity contribution in [1.29, 1.82) is 0 Å². The van der Waals surface area contributed by atoms with Crippen molar-refractivity contribution < 1.29 is 9.18 Å². The maximum absolute atomic E-state index is 13.2. The molecule has 3 heterocycles. The third kappa shape index (κ3) is 5.00. The number of nitrogens with one attached hydrogen (secondary N) is 1. The number of hydrogen-bond acceptors (Lipinski definition) is 5. The first-order valence-electron chi connectivity index (χ1n) is 12.7. The number of pyridine rings is 1. The van der Waals surface area contributed by atoms with Crippen molar-refractivity contribution in [2.75, 3.05) is 5.73 Å². The summed E-state index contributed by atoms with van der Waals surface area (Å²) >= 11 is 0. The van der Waals surface area contributed by atoms with Crippen molar-refractivity contribution in [1.82, 2.24) is 29.6 Å². The summed E-state index contributed by atoms with van der Waals surface area (Å²) in [5.74, 6) is 1.32. The number of anilines is 1. The van der Waals surface area contributed by atoms with Gasteiger partial charge in [0.25, 0.3) is 5.91 Å². The first kappa shape index (κ1) is 23.8. The van der Waals surface area contributed by atoms with E-state index >= 15 is 0 Å². The highest BCUT2D eigenvalue weighted by Gasteiger charge is 2.30. The summed E-state index contributed by atoms with van der Waals surface area (Å²) in [6.07, 6.45) is 8.30. The molecule has 8 nitrogen and oxygen atoms in total. The highest BCUT2D eigenvalue weighted by atomic mass is 19.1. The van der Waals surface area contributed by atoms with Gasteiger partial charge in [-0.2, -0.15) is 5.10 Å². The number of rotatable bonds is 8. The smallest absolute Gasteiger partial charge is 0.271 e. The summed E-state index contributed by atoms with van der Waals surface area (Å²) in [7, 11) is 0. The van der Waals surface area contributed by atoms with Gasteiger partial charge in [-0.1, -0.05) is 24.3 Å². The predicted octanol–water partition coefficient (Wildman–Crippen LogP) is 4.56. The van der Waals surface area contributed by atoms with Crippen LogP contribution in [0.4, 0.5) is 10.2 Å². The molecule has 3 N–H and O–H groups in total. The van der Waals surface area contributed by atoms with E-state index in [-0.39, 0.29) is 11.7 Å². The van der Waals surface area contributed by atoms with Crippen molar-refractivity contribution in [3.63, 3.8) is 0 Å². The molecule has 192 valence electrons. The highest BCUT2D eigenvalue weighted by molar-refractivity contribution is 5.93. The Kier molecular flexibility index (Phi) is 6.11. The molecule has 1 fully saturated rings. The monoisotopic (exact) mass is 509 g/mol. The standard InChI is InChI=1S/C29H28FN7O/c1-18-10-25-22(8-9-32-27(25)31)11-23(18)12-33-29(38)26-17-36(28(35-26)21-6-7-21)14-19-2-4-20(5-3-19)15-37-16-24(30)13-34-37/h2-5,8-11,13,16-17,21H,6-7,12,14-15H2,1H3,(H2,31,32)(H,33,38). The summed E-state index contributed by atoms with van der Waals surface area (Å²) in [5, 5.41) is 8.94. The van der Waals surface area contributed by atoms with Gasteiger partial charge >= 0.3 is 0 Å². The fourth-order valence-electron chi connectivity index (χ4n) is 4.75. The molecule has 5 aromatic rings. The number of carbonyl (C=O) groups excluding carboxylic acids is 1. The van der Waals surface area contributed by atoms with Crippen molar-refractivity contribution in [3.8, 4) is 0 Å². The zero-order valence-electron chi connectivity index (χ0n) is 21.1. The Morgan fingerprint density at radius 2 is 1.87 bits per heavy atom. The van der Waals surface area contributed by atoms with Crippen LogP contribution >= 0.6 is 0 Å². The van der Waals surface area contributed by atoms with Crippen LogP contribution in [0.15, 0.2) is 67.3 Å². The molecule has 1 aliphatic carbocycles. The van der Waals surface area contributed by atoms with Crippen LogP contribution in [0.1, 0.15) is 57.3 Å². The van der Waals surface area contributed by atoms with E-state index in [0.717, 1.165) is 51.7 Å². The Morgan fingerprint density at radius 3 is 2.58 bits per heavy atom. The molecule has 0 bridgehead atoms. The lowest BCUT2D eigenvalue weighted by atomic mass is 10.0.